The van der Waals surface area contributed by atoms with Crippen molar-refractivity contribution in [2.75, 3.05) is 33.9 Å². The van der Waals surface area contributed by atoms with Gasteiger partial charge in [0.1, 0.15) is 6.54 Å². The zero-order valence-corrected chi connectivity index (χ0v) is 17.6. The number of amides is 2. The van der Waals surface area contributed by atoms with E-state index in [1.54, 1.807) is 36.1 Å². The highest BCUT2D eigenvalue weighted by atomic mass is 32.2. The van der Waals surface area contributed by atoms with Crippen molar-refractivity contribution >= 4 is 38.9 Å². The van der Waals surface area contributed by atoms with Crippen molar-refractivity contribution in [3.8, 4) is 0 Å². The molecule has 3 rings (SSSR count). The monoisotopic (exact) mass is 415 g/mol. The Morgan fingerprint density at radius 2 is 1.90 bits per heavy atom. The van der Waals surface area contributed by atoms with Crippen LogP contribution >= 0.6 is 0 Å². The largest absolute Gasteiger partial charge is 0.325 e. The zero-order valence-electron chi connectivity index (χ0n) is 16.8. The molecule has 0 atom stereocenters. The molecule has 0 saturated heterocycles. The van der Waals surface area contributed by atoms with Crippen molar-refractivity contribution in [3.05, 3.63) is 53.6 Å². The number of rotatable bonds is 5. The fraction of sp³-hybridized carbons (Fsp3) is 0.333. The van der Waals surface area contributed by atoms with Gasteiger partial charge in [-0.25, -0.2) is 8.42 Å². The molecule has 1 N–H and O–H groups in total. The van der Waals surface area contributed by atoms with Crippen LogP contribution in [0.15, 0.2) is 42.5 Å². The first-order valence-corrected chi connectivity index (χ1v) is 11.3. The smallest absolute Gasteiger partial charge is 0.245 e. The van der Waals surface area contributed by atoms with Crippen LogP contribution in [0.5, 0.6) is 0 Å². The van der Waals surface area contributed by atoms with E-state index in [-0.39, 0.29) is 12.5 Å². The minimum absolute atomic E-state index is 0.00948. The van der Waals surface area contributed by atoms with Gasteiger partial charge in [0.05, 0.1) is 11.9 Å². The lowest BCUT2D eigenvalue weighted by Crippen LogP contribution is -2.38. The molecule has 154 valence electrons. The number of nitrogens with zero attached hydrogens (tertiary/aromatic N) is 2. The van der Waals surface area contributed by atoms with Crippen LogP contribution in [0.2, 0.25) is 0 Å². The van der Waals surface area contributed by atoms with E-state index in [4.69, 9.17) is 0 Å². The van der Waals surface area contributed by atoms with Gasteiger partial charge in [-0.05, 0) is 55.2 Å². The number of aryl methyl sites for hydroxylation is 2. The highest BCUT2D eigenvalue weighted by Gasteiger charge is 2.23. The number of benzene rings is 2. The Hall–Kier alpha value is -2.87. The van der Waals surface area contributed by atoms with E-state index in [1.165, 1.54) is 6.92 Å². The van der Waals surface area contributed by atoms with Crippen LogP contribution in [0.1, 0.15) is 24.5 Å². The fourth-order valence-corrected chi connectivity index (χ4v) is 4.47. The number of nitrogens with one attached hydrogen (secondary N) is 1. The molecule has 0 radical (unpaired) electrons. The van der Waals surface area contributed by atoms with Crippen LogP contribution in [0.3, 0.4) is 0 Å². The molecule has 2 aromatic carbocycles. The van der Waals surface area contributed by atoms with E-state index in [0.717, 1.165) is 40.2 Å². The Morgan fingerprint density at radius 1 is 1.17 bits per heavy atom. The predicted octanol–water partition coefficient (Wildman–Crippen LogP) is 2.70. The molecule has 0 unspecified atom stereocenters. The van der Waals surface area contributed by atoms with Crippen LogP contribution in [-0.2, 0) is 26.0 Å². The molecule has 0 fully saturated rings. The maximum absolute atomic E-state index is 12.6. The summed E-state index contributed by atoms with van der Waals surface area (Å²) in [5.41, 5.74) is 3.68. The SMILES string of the molecule is CC(=O)N1CCCc2cc(NC(=O)CN(c3ccccc3C)S(C)(=O)=O)ccc21. The van der Waals surface area contributed by atoms with E-state index < -0.39 is 15.9 Å². The summed E-state index contributed by atoms with van der Waals surface area (Å²) in [5.74, 6) is -0.442. The number of hydrogen-bond acceptors (Lipinski definition) is 4. The van der Waals surface area contributed by atoms with E-state index in [0.29, 0.717) is 17.9 Å². The van der Waals surface area contributed by atoms with Gasteiger partial charge in [-0.1, -0.05) is 18.2 Å². The fourth-order valence-electron chi connectivity index (χ4n) is 3.56. The molecule has 0 spiro atoms. The molecule has 7 nitrogen and oxygen atoms in total. The Bertz CT molecular complexity index is 1050. The summed E-state index contributed by atoms with van der Waals surface area (Å²) in [6.07, 6.45) is 2.77. The van der Waals surface area contributed by atoms with Crippen LogP contribution in [0.4, 0.5) is 17.1 Å². The summed E-state index contributed by atoms with van der Waals surface area (Å²) < 4.78 is 25.6. The lowest BCUT2D eigenvalue weighted by atomic mass is 10.0. The molecule has 1 heterocycles. The molecular formula is C21H25N3O4S. The first kappa shape index (κ1) is 20.9. The number of anilines is 3. The number of fused-ring (bicyclic) bond motifs is 1. The summed E-state index contributed by atoms with van der Waals surface area (Å²) >= 11 is 0. The molecule has 0 aliphatic carbocycles. The minimum atomic E-state index is -3.63. The van der Waals surface area contributed by atoms with Crippen LogP contribution in [0.25, 0.3) is 0 Å². The molecule has 8 heteroatoms. The molecule has 1 aliphatic rings. The Labute approximate surface area is 171 Å². The highest BCUT2D eigenvalue weighted by molar-refractivity contribution is 7.92. The number of sulfonamides is 1. The van der Waals surface area contributed by atoms with Gasteiger partial charge in [0, 0.05) is 24.8 Å². The first-order chi connectivity index (χ1) is 13.7. The van der Waals surface area contributed by atoms with Gasteiger partial charge >= 0.3 is 0 Å². The molecular weight excluding hydrogens is 390 g/mol. The second kappa shape index (κ2) is 8.24. The summed E-state index contributed by atoms with van der Waals surface area (Å²) in [6.45, 7) is 3.71. The standard InChI is InChI=1S/C21H25N3O4S/c1-15-7-4-5-9-19(15)24(29(3,27)28)14-21(26)22-18-10-11-20-17(13-18)8-6-12-23(20)16(2)25/h4-5,7,9-11,13H,6,8,12,14H2,1-3H3,(H,22,26). The molecule has 0 saturated carbocycles. The predicted molar refractivity (Wildman–Crippen MR) is 115 cm³/mol. The topological polar surface area (TPSA) is 86.8 Å². The Kier molecular flexibility index (Phi) is 5.93. The van der Waals surface area contributed by atoms with Crippen molar-refractivity contribution in [2.45, 2.75) is 26.7 Å². The third kappa shape index (κ3) is 4.76. The van der Waals surface area contributed by atoms with Crippen molar-refractivity contribution in [1.82, 2.24) is 0 Å². The van der Waals surface area contributed by atoms with Gasteiger partial charge in [0.15, 0.2) is 0 Å². The second-order valence-electron chi connectivity index (χ2n) is 7.22. The minimum Gasteiger partial charge on any atom is -0.325 e. The molecule has 2 aromatic rings. The summed E-state index contributed by atoms with van der Waals surface area (Å²) in [4.78, 5) is 26.1. The second-order valence-corrected chi connectivity index (χ2v) is 9.13. The zero-order chi connectivity index (χ0) is 21.2. The lowest BCUT2D eigenvalue weighted by molar-refractivity contribution is -0.117. The average Bonchev–Trinajstić information content (AvgIpc) is 2.65. The van der Waals surface area contributed by atoms with E-state index in [1.807, 2.05) is 18.2 Å². The average molecular weight is 416 g/mol. The van der Waals surface area contributed by atoms with E-state index in [9.17, 15) is 18.0 Å². The maximum Gasteiger partial charge on any atom is 0.245 e. The van der Waals surface area contributed by atoms with Crippen LogP contribution in [0, 0.1) is 6.92 Å². The van der Waals surface area contributed by atoms with Crippen molar-refractivity contribution < 1.29 is 18.0 Å². The number of carbonyl (C=O) groups excluding carboxylic acids is 2. The number of carbonyl (C=O) groups is 2. The van der Waals surface area contributed by atoms with Gasteiger partial charge in [-0.15, -0.1) is 0 Å². The van der Waals surface area contributed by atoms with Gasteiger partial charge in [-0.3, -0.25) is 13.9 Å². The molecule has 29 heavy (non-hydrogen) atoms. The molecule has 0 bridgehead atoms. The summed E-state index contributed by atoms with van der Waals surface area (Å²) in [6, 6.07) is 12.4. The highest BCUT2D eigenvalue weighted by Crippen LogP contribution is 2.30. The van der Waals surface area contributed by atoms with Crippen molar-refractivity contribution in [2.24, 2.45) is 0 Å². The number of hydrogen-bond donors (Lipinski definition) is 1. The molecule has 1 aliphatic heterocycles. The maximum atomic E-state index is 12.6. The molecule has 0 aromatic heterocycles. The van der Waals surface area contributed by atoms with E-state index in [2.05, 4.69) is 5.32 Å². The normalized spacial score (nSPS) is 13.6. The quantitative estimate of drug-likeness (QED) is 0.813. The van der Waals surface area contributed by atoms with Gasteiger partial charge in [0.2, 0.25) is 21.8 Å². The third-order valence-corrected chi connectivity index (χ3v) is 6.06. The summed E-state index contributed by atoms with van der Waals surface area (Å²) in [5, 5.41) is 2.78. The lowest BCUT2D eigenvalue weighted by Gasteiger charge is -2.29. The third-order valence-electron chi connectivity index (χ3n) is 4.93. The van der Waals surface area contributed by atoms with E-state index >= 15 is 0 Å². The first-order valence-electron chi connectivity index (χ1n) is 9.41. The van der Waals surface area contributed by atoms with Crippen LogP contribution in [-0.4, -0.2) is 39.6 Å². The Balaban J connectivity index is 1.79. The number of para-hydroxylation sites is 1. The summed E-state index contributed by atoms with van der Waals surface area (Å²) in [7, 11) is -3.63. The van der Waals surface area contributed by atoms with Gasteiger partial charge < -0.3 is 10.2 Å². The van der Waals surface area contributed by atoms with Gasteiger partial charge in [-0.2, -0.15) is 0 Å². The Morgan fingerprint density at radius 3 is 2.55 bits per heavy atom. The van der Waals surface area contributed by atoms with Crippen molar-refractivity contribution in [3.63, 3.8) is 0 Å². The van der Waals surface area contributed by atoms with Crippen LogP contribution < -0.4 is 14.5 Å². The van der Waals surface area contributed by atoms with Crippen molar-refractivity contribution in [1.29, 1.82) is 0 Å². The van der Waals surface area contributed by atoms with Gasteiger partial charge in [0.25, 0.3) is 0 Å². The molecule has 2 amide bonds.